The third kappa shape index (κ3) is 5.80. The van der Waals surface area contributed by atoms with E-state index < -0.39 is 0 Å². The van der Waals surface area contributed by atoms with Crippen molar-refractivity contribution >= 4 is 0 Å². The molecule has 0 radical (unpaired) electrons. The Kier molecular flexibility index (Phi) is 3.15. The minimum atomic E-state index is -0.0508. The van der Waals surface area contributed by atoms with Crippen molar-refractivity contribution in [3.63, 3.8) is 0 Å². The molecule has 0 aromatic carbocycles. The fourth-order valence-corrected chi connectivity index (χ4v) is 0.807. The van der Waals surface area contributed by atoms with E-state index in [-0.39, 0.29) is 5.54 Å². The Balaban J connectivity index is 3.47. The van der Waals surface area contributed by atoms with Crippen molar-refractivity contribution in [3.05, 3.63) is 0 Å². The second kappa shape index (κ2) is 3.18. The van der Waals surface area contributed by atoms with Crippen LogP contribution in [0.5, 0.6) is 0 Å². The van der Waals surface area contributed by atoms with Gasteiger partial charge in [0.2, 0.25) is 0 Å². The van der Waals surface area contributed by atoms with E-state index in [4.69, 9.17) is 5.73 Å². The topological polar surface area (TPSA) is 29.3 Å². The molecule has 2 heteroatoms. The van der Waals surface area contributed by atoms with Crippen LogP contribution < -0.4 is 5.73 Å². The highest BCUT2D eigenvalue weighted by Gasteiger charge is 2.11. The molecule has 2 N–H and O–H groups in total. The molecular weight excluding hydrogens is 112 g/mol. The van der Waals surface area contributed by atoms with Crippen LogP contribution in [0.4, 0.5) is 0 Å². The second-order valence-corrected chi connectivity index (χ2v) is 3.32. The summed E-state index contributed by atoms with van der Waals surface area (Å²) in [6, 6.07) is 0. The van der Waals surface area contributed by atoms with Gasteiger partial charge in [0.1, 0.15) is 0 Å². The molecule has 0 saturated heterocycles. The molecule has 0 bridgehead atoms. The zero-order chi connectivity index (χ0) is 7.49. The zero-order valence-corrected chi connectivity index (χ0v) is 6.94. The van der Waals surface area contributed by atoms with Crippen LogP contribution in [0.2, 0.25) is 0 Å². The van der Waals surface area contributed by atoms with E-state index in [9.17, 15) is 0 Å². The summed E-state index contributed by atoms with van der Waals surface area (Å²) in [6.07, 6.45) is 0. The van der Waals surface area contributed by atoms with Gasteiger partial charge in [-0.15, -0.1) is 0 Å². The molecule has 0 spiro atoms. The van der Waals surface area contributed by atoms with E-state index in [1.54, 1.807) is 0 Å². The first kappa shape index (κ1) is 8.92. The van der Waals surface area contributed by atoms with Crippen LogP contribution in [-0.4, -0.2) is 30.6 Å². The van der Waals surface area contributed by atoms with Gasteiger partial charge in [0.25, 0.3) is 0 Å². The predicted octanol–water partition coefficient (Wildman–Crippen LogP) is 0.675. The molecule has 0 aliphatic heterocycles. The van der Waals surface area contributed by atoms with Crippen molar-refractivity contribution in [3.8, 4) is 0 Å². The monoisotopic (exact) mass is 130 g/mol. The molecule has 0 rings (SSSR count). The van der Waals surface area contributed by atoms with Crippen molar-refractivity contribution in [1.29, 1.82) is 0 Å². The van der Waals surface area contributed by atoms with E-state index in [0.717, 1.165) is 13.1 Å². The average Bonchev–Trinajstić information content (AvgIpc) is 1.62. The average molecular weight is 130 g/mol. The van der Waals surface area contributed by atoms with Gasteiger partial charge >= 0.3 is 0 Å². The van der Waals surface area contributed by atoms with Gasteiger partial charge in [0, 0.05) is 12.1 Å². The third-order valence-corrected chi connectivity index (χ3v) is 1.22. The van der Waals surface area contributed by atoms with Crippen molar-refractivity contribution in [2.24, 2.45) is 5.73 Å². The molecule has 0 fully saturated rings. The predicted molar refractivity (Wildman–Crippen MR) is 41.4 cm³/mol. The van der Waals surface area contributed by atoms with Gasteiger partial charge < -0.3 is 10.6 Å². The smallest absolute Gasteiger partial charge is 0.0225 e. The van der Waals surface area contributed by atoms with Crippen LogP contribution >= 0.6 is 0 Å². The highest BCUT2D eigenvalue weighted by molar-refractivity contribution is 4.74. The summed E-state index contributed by atoms with van der Waals surface area (Å²) in [5.41, 5.74) is 5.72. The molecule has 0 amide bonds. The maximum Gasteiger partial charge on any atom is 0.0225 e. The summed E-state index contributed by atoms with van der Waals surface area (Å²) in [5.74, 6) is 0. The van der Waals surface area contributed by atoms with Crippen molar-refractivity contribution in [1.82, 2.24) is 4.90 Å². The van der Waals surface area contributed by atoms with Crippen LogP contribution in [0.1, 0.15) is 20.8 Å². The minimum absolute atomic E-state index is 0.0508. The molecule has 0 saturated carbocycles. The molecule has 0 aliphatic carbocycles. The van der Waals surface area contributed by atoms with Crippen molar-refractivity contribution in [2.45, 2.75) is 26.3 Å². The van der Waals surface area contributed by atoms with E-state index in [2.05, 4.69) is 18.9 Å². The molecule has 0 aromatic rings. The van der Waals surface area contributed by atoms with Crippen LogP contribution in [0.3, 0.4) is 0 Å². The van der Waals surface area contributed by atoms with Crippen LogP contribution in [0.15, 0.2) is 0 Å². The number of nitrogens with zero attached hydrogens (tertiary/aromatic N) is 1. The molecule has 56 valence electrons. The summed E-state index contributed by atoms with van der Waals surface area (Å²) in [7, 11) is 2.08. The second-order valence-electron chi connectivity index (χ2n) is 3.32. The molecule has 0 aromatic heterocycles. The molecule has 0 unspecified atom stereocenters. The fraction of sp³-hybridized carbons (Fsp3) is 1.00. The first-order chi connectivity index (χ1) is 3.95. The van der Waals surface area contributed by atoms with Gasteiger partial charge in [0.05, 0.1) is 0 Å². The lowest BCUT2D eigenvalue weighted by Gasteiger charge is -2.24. The third-order valence-electron chi connectivity index (χ3n) is 1.22. The Morgan fingerprint density at radius 2 is 1.89 bits per heavy atom. The quantitative estimate of drug-likeness (QED) is 0.608. The molecule has 2 nitrogen and oxygen atoms in total. The number of hydrogen-bond donors (Lipinski definition) is 1. The largest absolute Gasteiger partial charge is 0.324 e. The Hall–Kier alpha value is -0.0800. The highest BCUT2D eigenvalue weighted by Crippen LogP contribution is 1.97. The molecular formula is C7H18N2. The summed E-state index contributed by atoms with van der Waals surface area (Å²) in [4.78, 5) is 2.21. The lowest BCUT2D eigenvalue weighted by molar-refractivity contribution is 0.282. The van der Waals surface area contributed by atoms with Crippen molar-refractivity contribution in [2.75, 3.05) is 20.1 Å². The Morgan fingerprint density at radius 3 is 2.00 bits per heavy atom. The maximum atomic E-state index is 5.77. The number of hydrogen-bond acceptors (Lipinski definition) is 2. The van der Waals surface area contributed by atoms with Gasteiger partial charge in [-0.25, -0.2) is 0 Å². The molecule has 9 heavy (non-hydrogen) atoms. The number of rotatable bonds is 3. The SMILES string of the molecule is CCN(C)CC(C)(C)N. The Bertz CT molecular complexity index is 73.5. The van der Waals surface area contributed by atoms with Crippen molar-refractivity contribution < 1.29 is 0 Å². The molecule has 0 aliphatic rings. The van der Waals surface area contributed by atoms with Gasteiger partial charge in [-0.3, -0.25) is 0 Å². The first-order valence-electron chi connectivity index (χ1n) is 3.43. The Morgan fingerprint density at radius 1 is 1.44 bits per heavy atom. The maximum absolute atomic E-state index is 5.77. The minimum Gasteiger partial charge on any atom is -0.324 e. The summed E-state index contributed by atoms with van der Waals surface area (Å²) < 4.78 is 0. The summed E-state index contributed by atoms with van der Waals surface area (Å²) >= 11 is 0. The lowest BCUT2D eigenvalue weighted by atomic mass is 10.1. The van der Waals surface area contributed by atoms with E-state index in [1.807, 2.05) is 13.8 Å². The molecule has 0 heterocycles. The van der Waals surface area contributed by atoms with E-state index >= 15 is 0 Å². The standard InChI is InChI=1S/C7H18N2/c1-5-9(4)6-7(2,3)8/h5-6,8H2,1-4H3. The van der Waals surface area contributed by atoms with E-state index in [1.165, 1.54) is 0 Å². The Labute approximate surface area is 58.0 Å². The van der Waals surface area contributed by atoms with Gasteiger partial charge in [-0.05, 0) is 27.4 Å². The first-order valence-corrected chi connectivity index (χ1v) is 3.43. The zero-order valence-electron chi connectivity index (χ0n) is 6.94. The van der Waals surface area contributed by atoms with Gasteiger partial charge in [-0.2, -0.15) is 0 Å². The summed E-state index contributed by atoms with van der Waals surface area (Å²) in [5, 5.41) is 0. The normalized spacial score (nSPS) is 12.7. The highest BCUT2D eigenvalue weighted by atomic mass is 15.1. The number of nitrogens with two attached hydrogens (primary N) is 1. The summed E-state index contributed by atoms with van der Waals surface area (Å²) in [6.45, 7) is 8.24. The lowest BCUT2D eigenvalue weighted by Crippen LogP contribution is -2.43. The van der Waals surface area contributed by atoms with E-state index in [0.29, 0.717) is 0 Å². The molecule has 0 atom stereocenters. The van der Waals surface area contributed by atoms with Crippen LogP contribution in [0.25, 0.3) is 0 Å². The van der Waals surface area contributed by atoms with Gasteiger partial charge in [0.15, 0.2) is 0 Å². The number of likely N-dealkylation sites (N-methyl/N-ethyl adjacent to an activating group) is 1. The fourth-order valence-electron chi connectivity index (χ4n) is 0.807. The van der Waals surface area contributed by atoms with Gasteiger partial charge in [-0.1, -0.05) is 6.92 Å². The van der Waals surface area contributed by atoms with Crippen LogP contribution in [-0.2, 0) is 0 Å². The van der Waals surface area contributed by atoms with Crippen LogP contribution in [0, 0.1) is 0 Å².